The SMILES string of the molecule is COc1cc(C(C)(C)C)c(O)cc1CCN. The van der Waals surface area contributed by atoms with Gasteiger partial charge in [0.25, 0.3) is 0 Å². The highest BCUT2D eigenvalue weighted by molar-refractivity contribution is 5.48. The summed E-state index contributed by atoms with van der Waals surface area (Å²) in [6.45, 7) is 6.73. The van der Waals surface area contributed by atoms with E-state index < -0.39 is 0 Å². The third kappa shape index (κ3) is 2.67. The summed E-state index contributed by atoms with van der Waals surface area (Å²) in [7, 11) is 1.64. The molecule has 0 aliphatic heterocycles. The van der Waals surface area contributed by atoms with E-state index in [9.17, 15) is 5.11 Å². The lowest BCUT2D eigenvalue weighted by molar-refractivity contribution is 0.400. The number of phenols is 1. The smallest absolute Gasteiger partial charge is 0.122 e. The largest absolute Gasteiger partial charge is 0.508 e. The van der Waals surface area contributed by atoms with Crippen molar-refractivity contribution in [2.24, 2.45) is 5.73 Å². The fourth-order valence-electron chi connectivity index (χ4n) is 1.75. The fourth-order valence-corrected chi connectivity index (χ4v) is 1.75. The molecule has 3 nitrogen and oxygen atoms in total. The van der Waals surface area contributed by atoms with Crippen LogP contribution in [-0.2, 0) is 11.8 Å². The molecule has 0 saturated carbocycles. The van der Waals surface area contributed by atoms with Gasteiger partial charge in [-0.15, -0.1) is 0 Å². The number of nitrogens with two attached hydrogens (primary N) is 1. The van der Waals surface area contributed by atoms with E-state index in [-0.39, 0.29) is 5.41 Å². The van der Waals surface area contributed by atoms with Crippen LogP contribution in [0.25, 0.3) is 0 Å². The van der Waals surface area contributed by atoms with E-state index in [1.807, 2.05) is 6.07 Å². The molecule has 90 valence electrons. The Bertz CT molecular complexity index is 367. The topological polar surface area (TPSA) is 55.5 Å². The molecule has 0 unspecified atom stereocenters. The summed E-state index contributed by atoms with van der Waals surface area (Å²) in [6.07, 6.45) is 0.709. The fraction of sp³-hybridized carbons (Fsp3) is 0.538. The van der Waals surface area contributed by atoms with Crippen LogP contribution in [0.4, 0.5) is 0 Å². The minimum absolute atomic E-state index is 0.0986. The van der Waals surface area contributed by atoms with Gasteiger partial charge in [0, 0.05) is 5.56 Å². The maximum absolute atomic E-state index is 9.98. The first-order valence-corrected chi connectivity index (χ1v) is 5.50. The number of rotatable bonds is 3. The molecule has 0 aliphatic rings. The van der Waals surface area contributed by atoms with Gasteiger partial charge in [-0.25, -0.2) is 0 Å². The van der Waals surface area contributed by atoms with Gasteiger partial charge in [0.1, 0.15) is 11.5 Å². The molecule has 1 aromatic carbocycles. The quantitative estimate of drug-likeness (QED) is 0.826. The first-order chi connectivity index (χ1) is 7.40. The summed E-state index contributed by atoms with van der Waals surface area (Å²) in [4.78, 5) is 0. The lowest BCUT2D eigenvalue weighted by atomic mass is 9.85. The highest BCUT2D eigenvalue weighted by Gasteiger charge is 2.20. The van der Waals surface area contributed by atoms with Crippen LogP contribution in [-0.4, -0.2) is 18.8 Å². The van der Waals surface area contributed by atoms with Crippen molar-refractivity contribution in [2.75, 3.05) is 13.7 Å². The monoisotopic (exact) mass is 223 g/mol. The van der Waals surface area contributed by atoms with Gasteiger partial charge in [-0.3, -0.25) is 0 Å². The number of phenolic OH excluding ortho intramolecular Hbond substituents is 1. The normalized spacial score (nSPS) is 11.6. The van der Waals surface area contributed by atoms with E-state index in [2.05, 4.69) is 20.8 Å². The second-order valence-corrected chi connectivity index (χ2v) is 4.97. The molecule has 0 saturated heterocycles. The minimum atomic E-state index is -0.0986. The molecule has 0 bridgehead atoms. The molecule has 1 rings (SSSR count). The van der Waals surface area contributed by atoms with Crippen LogP contribution in [0.2, 0.25) is 0 Å². The highest BCUT2D eigenvalue weighted by atomic mass is 16.5. The van der Waals surface area contributed by atoms with Crippen molar-refractivity contribution >= 4 is 0 Å². The molecule has 0 aromatic heterocycles. The van der Waals surface area contributed by atoms with Crippen molar-refractivity contribution in [1.29, 1.82) is 0 Å². The van der Waals surface area contributed by atoms with E-state index in [1.165, 1.54) is 0 Å². The first kappa shape index (κ1) is 12.8. The maximum Gasteiger partial charge on any atom is 0.122 e. The predicted molar refractivity (Wildman–Crippen MR) is 66.1 cm³/mol. The molecule has 3 heteroatoms. The van der Waals surface area contributed by atoms with E-state index in [4.69, 9.17) is 10.5 Å². The number of ether oxygens (including phenoxy) is 1. The van der Waals surface area contributed by atoms with E-state index in [1.54, 1.807) is 13.2 Å². The van der Waals surface area contributed by atoms with E-state index in [0.717, 1.165) is 16.9 Å². The van der Waals surface area contributed by atoms with Gasteiger partial charge in [-0.1, -0.05) is 20.8 Å². The molecule has 3 N–H and O–H groups in total. The number of methoxy groups -OCH3 is 1. The Hall–Kier alpha value is -1.22. The Labute approximate surface area is 97.2 Å². The molecule has 0 aliphatic carbocycles. The van der Waals surface area contributed by atoms with Crippen molar-refractivity contribution < 1.29 is 9.84 Å². The molecule has 0 atom stereocenters. The summed E-state index contributed by atoms with van der Waals surface area (Å²) in [5.74, 6) is 1.12. The third-order valence-corrected chi connectivity index (χ3v) is 2.62. The molecule has 0 spiro atoms. The van der Waals surface area contributed by atoms with Crippen LogP contribution in [0.3, 0.4) is 0 Å². The van der Waals surface area contributed by atoms with Gasteiger partial charge in [-0.2, -0.15) is 0 Å². The standard InChI is InChI=1S/C13H21NO2/c1-13(2,3)10-8-12(16-4)9(5-6-14)7-11(10)15/h7-8,15H,5-6,14H2,1-4H3. The van der Waals surface area contributed by atoms with Gasteiger partial charge in [-0.05, 0) is 36.1 Å². The summed E-state index contributed by atoms with van der Waals surface area (Å²) < 4.78 is 5.32. The van der Waals surface area contributed by atoms with Crippen molar-refractivity contribution in [3.63, 3.8) is 0 Å². The first-order valence-electron chi connectivity index (χ1n) is 5.50. The molecule has 0 amide bonds. The van der Waals surface area contributed by atoms with Crippen LogP contribution in [0, 0.1) is 0 Å². The minimum Gasteiger partial charge on any atom is -0.508 e. The lowest BCUT2D eigenvalue weighted by Crippen LogP contribution is -2.13. The van der Waals surface area contributed by atoms with Crippen LogP contribution in [0.15, 0.2) is 12.1 Å². The summed E-state index contributed by atoms with van der Waals surface area (Å²) in [5, 5.41) is 9.98. The molecule has 16 heavy (non-hydrogen) atoms. The van der Waals surface area contributed by atoms with Gasteiger partial charge < -0.3 is 15.6 Å². The van der Waals surface area contributed by atoms with Crippen LogP contribution in [0.5, 0.6) is 11.5 Å². The zero-order chi connectivity index (χ0) is 12.3. The Morgan fingerprint density at radius 1 is 1.31 bits per heavy atom. The van der Waals surface area contributed by atoms with Crippen LogP contribution >= 0.6 is 0 Å². The summed E-state index contributed by atoms with van der Waals surface area (Å²) >= 11 is 0. The average molecular weight is 223 g/mol. The Morgan fingerprint density at radius 2 is 1.94 bits per heavy atom. The van der Waals surface area contributed by atoms with Crippen molar-refractivity contribution in [3.8, 4) is 11.5 Å². The molecular formula is C13H21NO2. The highest BCUT2D eigenvalue weighted by Crippen LogP contribution is 2.35. The summed E-state index contributed by atoms with van der Waals surface area (Å²) in [6, 6.07) is 3.66. The van der Waals surface area contributed by atoms with Gasteiger partial charge in [0.15, 0.2) is 0 Å². The second kappa shape index (κ2) is 4.74. The Kier molecular flexibility index (Phi) is 3.81. The average Bonchev–Trinajstić information content (AvgIpc) is 2.16. The van der Waals surface area contributed by atoms with Gasteiger partial charge in [0.2, 0.25) is 0 Å². The van der Waals surface area contributed by atoms with E-state index in [0.29, 0.717) is 18.7 Å². The van der Waals surface area contributed by atoms with Gasteiger partial charge in [0.05, 0.1) is 7.11 Å². The van der Waals surface area contributed by atoms with Gasteiger partial charge >= 0.3 is 0 Å². The van der Waals surface area contributed by atoms with Crippen LogP contribution in [0.1, 0.15) is 31.9 Å². The molecular weight excluding hydrogens is 202 g/mol. The maximum atomic E-state index is 9.98. The van der Waals surface area contributed by atoms with Crippen molar-refractivity contribution in [1.82, 2.24) is 0 Å². The lowest BCUT2D eigenvalue weighted by Gasteiger charge is -2.22. The second-order valence-electron chi connectivity index (χ2n) is 4.97. The summed E-state index contributed by atoms with van der Waals surface area (Å²) in [5.41, 5.74) is 7.27. The Balaban J connectivity index is 3.26. The Morgan fingerprint density at radius 3 is 2.38 bits per heavy atom. The predicted octanol–water partition coefficient (Wildman–Crippen LogP) is 2.20. The third-order valence-electron chi connectivity index (χ3n) is 2.62. The van der Waals surface area contributed by atoms with Crippen molar-refractivity contribution in [3.05, 3.63) is 23.3 Å². The van der Waals surface area contributed by atoms with Crippen LogP contribution < -0.4 is 10.5 Å². The number of hydrogen-bond donors (Lipinski definition) is 2. The number of benzene rings is 1. The van der Waals surface area contributed by atoms with E-state index >= 15 is 0 Å². The molecule has 0 heterocycles. The molecule has 1 aromatic rings. The number of aromatic hydroxyl groups is 1. The molecule has 0 fully saturated rings. The number of hydrogen-bond acceptors (Lipinski definition) is 3. The van der Waals surface area contributed by atoms with Crippen molar-refractivity contribution in [2.45, 2.75) is 32.6 Å². The zero-order valence-corrected chi connectivity index (χ0v) is 10.5. The molecule has 0 radical (unpaired) electrons. The zero-order valence-electron chi connectivity index (χ0n) is 10.5.